The van der Waals surface area contributed by atoms with Gasteiger partial charge in [-0.25, -0.2) is 27.6 Å². The van der Waals surface area contributed by atoms with Crippen LogP contribution in [0.4, 0.5) is 21.6 Å². The number of halogens is 1. The maximum Gasteiger partial charge on any atom is 0.288 e. The number of allylic oxidation sites excluding steroid dienone is 1. The zero-order valence-electron chi connectivity index (χ0n) is 17.4. The molecule has 1 N–H and O–H groups in total. The Hall–Kier alpha value is -3.77. The summed E-state index contributed by atoms with van der Waals surface area (Å²) in [6, 6.07) is 10.1. The molecular formula is C23H19FN4O3S. The lowest BCUT2D eigenvalue weighted by atomic mass is 10.1. The van der Waals surface area contributed by atoms with Crippen LogP contribution < -0.4 is 10.1 Å². The third-order valence-corrected chi connectivity index (χ3v) is 5.71. The molecule has 0 saturated heterocycles. The number of benzene rings is 2. The molecule has 7 nitrogen and oxygen atoms in total. The number of fused-ring (bicyclic) bond motifs is 1. The smallest absolute Gasteiger partial charge is 0.288 e. The van der Waals surface area contributed by atoms with Crippen LogP contribution in [0.2, 0.25) is 0 Å². The molecule has 0 atom stereocenters. The molecule has 1 aliphatic rings. The second-order valence-electron chi connectivity index (χ2n) is 7.60. The molecule has 0 amide bonds. The molecule has 0 saturated carbocycles. The minimum Gasteiger partial charge on any atom is -0.446 e. The average molecular weight is 450 g/mol. The number of sulfone groups is 1. The Morgan fingerprint density at radius 2 is 1.94 bits per heavy atom. The van der Waals surface area contributed by atoms with Gasteiger partial charge in [0.15, 0.2) is 21.4 Å². The number of nitrogens with one attached hydrogen (secondary N) is 1. The Labute approximate surface area is 185 Å². The molecular weight excluding hydrogens is 431 g/mol. The van der Waals surface area contributed by atoms with Gasteiger partial charge < -0.3 is 10.1 Å². The summed E-state index contributed by atoms with van der Waals surface area (Å²) in [5.74, 6) is -0.450. The highest BCUT2D eigenvalue weighted by molar-refractivity contribution is 7.89. The molecule has 9 heteroatoms. The Balaban J connectivity index is 1.60. The van der Waals surface area contributed by atoms with E-state index in [0.717, 1.165) is 11.1 Å². The molecule has 2 aromatic carbocycles. The van der Waals surface area contributed by atoms with Crippen LogP contribution in [-0.4, -0.2) is 24.6 Å². The highest BCUT2D eigenvalue weighted by atomic mass is 32.2. The number of hydrogen-bond donors (Lipinski definition) is 1. The topological polar surface area (TPSA) is 85.5 Å². The van der Waals surface area contributed by atoms with Crippen LogP contribution in [0.5, 0.6) is 11.6 Å². The van der Waals surface area contributed by atoms with Crippen LogP contribution in [0.25, 0.3) is 10.9 Å². The summed E-state index contributed by atoms with van der Waals surface area (Å²) in [4.78, 5) is 11.6. The molecule has 162 valence electrons. The van der Waals surface area contributed by atoms with E-state index >= 15 is 0 Å². The monoisotopic (exact) mass is 450 g/mol. The number of nitrogens with zero attached hydrogens (tertiary/aromatic N) is 3. The maximum absolute atomic E-state index is 14.9. The van der Waals surface area contributed by atoms with E-state index < -0.39 is 15.7 Å². The van der Waals surface area contributed by atoms with Crippen LogP contribution in [0.15, 0.2) is 48.3 Å². The van der Waals surface area contributed by atoms with Gasteiger partial charge in [-0.05, 0) is 42.7 Å². The number of ether oxygens (including phenoxy) is 1. The normalized spacial score (nSPS) is 12.6. The molecule has 0 bridgehead atoms. The molecule has 1 aliphatic carbocycles. The van der Waals surface area contributed by atoms with E-state index in [2.05, 4.69) is 20.1 Å². The van der Waals surface area contributed by atoms with E-state index in [-0.39, 0.29) is 28.9 Å². The predicted octanol–water partition coefficient (Wildman–Crippen LogP) is 5.21. The van der Waals surface area contributed by atoms with E-state index in [1.54, 1.807) is 36.4 Å². The second kappa shape index (κ2) is 8.40. The Morgan fingerprint density at radius 3 is 2.62 bits per heavy atom. The molecule has 3 aromatic rings. The van der Waals surface area contributed by atoms with Crippen LogP contribution in [0.3, 0.4) is 0 Å². The van der Waals surface area contributed by atoms with Crippen LogP contribution in [0.1, 0.15) is 23.6 Å². The minimum absolute atomic E-state index is 0.000617. The summed E-state index contributed by atoms with van der Waals surface area (Å²) >= 11 is 0. The summed E-state index contributed by atoms with van der Waals surface area (Å²) in [7, 11) is -3.14. The van der Waals surface area contributed by atoms with Crippen molar-refractivity contribution in [2.45, 2.75) is 19.1 Å². The van der Waals surface area contributed by atoms with Crippen molar-refractivity contribution in [3.05, 3.63) is 82.2 Å². The van der Waals surface area contributed by atoms with E-state index in [1.165, 1.54) is 18.6 Å². The van der Waals surface area contributed by atoms with Crippen LogP contribution in [-0.2, 0) is 22.0 Å². The minimum atomic E-state index is -3.14. The zero-order chi connectivity index (χ0) is 22.9. The van der Waals surface area contributed by atoms with Gasteiger partial charge in [-0.1, -0.05) is 29.8 Å². The van der Waals surface area contributed by atoms with Crippen LogP contribution in [0, 0.1) is 12.4 Å². The lowest BCUT2D eigenvalue weighted by Crippen LogP contribution is -2.01. The first-order valence-electron chi connectivity index (χ1n) is 9.66. The maximum atomic E-state index is 14.9. The van der Waals surface area contributed by atoms with Crippen molar-refractivity contribution >= 4 is 33.1 Å². The summed E-state index contributed by atoms with van der Waals surface area (Å²) in [5.41, 5.74) is 3.69. The predicted molar refractivity (Wildman–Crippen MR) is 120 cm³/mol. The first kappa shape index (κ1) is 21.5. The van der Waals surface area contributed by atoms with Gasteiger partial charge in [0.1, 0.15) is 12.1 Å². The van der Waals surface area contributed by atoms with Gasteiger partial charge in [0.05, 0.1) is 12.3 Å². The second-order valence-corrected chi connectivity index (χ2v) is 9.74. The largest absolute Gasteiger partial charge is 0.446 e. The lowest BCUT2D eigenvalue weighted by molar-refractivity contribution is 0.428. The van der Waals surface area contributed by atoms with Crippen molar-refractivity contribution in [1.29, 1.82) is 0 Å². The highest BCUT2D eigenvalue weighted by Crippen LogP contribution is 2.39. The molecule has 0 radical (unpaired) electrons. The molecule has 0 spiro atoms. The SMILES string of the molecule is [C-]#[N+]c1c(Nc2ccc(CS(C)(=O)=O)cc2)ncnc1Oc1ccc2c(c1F)C=C(C)C2. The molecule has 0 aliphatic heterocycles. The zero-order valence-corrected chi connectivity index (χ0v) is 18.2. The number of hydrogen-bond acceptors (Lipinski definition) is 6. The molecule has 4 rings (SSSR count). The first-order chi connectivity index (χ1) is 15.2. The fraction of sp³-hybridized carbons (Fsp3) is 0.174. The van der Waals surface area contributed by atoms with Crippen molar-refractivity contribution in [2.75, 3.05) is 11.6 Å². The van der Waals surface area contributed by atoms with E-state index in [1.807, 2.05) is 6.92 Å². The van der Waals surface area contributed by atoms with E-state index in [9.17, 15) is 12.8 Å². The lowest BCUT2D eigenvalue weighted by Gasteiger charge is -2.13. The van der Waals surface area contributed by atoms with Gasteiger partial charge >= 0.3 is 0 Å². The fourth-order valence-electron chi connectivity index (χ4n) is 3.46. The van der Waals surface area contributed by atoms with Crippen LogP contribution >= 0.6 is 0 Å². The molecule has 1 aromatic heterocycles. The van der Waals surface area contributed by atoms with Gasteiger partial charge in [-0.15, -0.1) is 0 Å². The van der Waals surface area contributed by atoms with Gasteiger partial charge in [0.25, 0.3) is 5.69 Å². The summed E-state index contributed by atoms with van der Waals surface area (Å²) in [5, 5.41) is 3.00. The van der Waals surface area contributed by atoms with Gasteiger partial charge in [0.2, 0.25) is 5.88 Å². The summed E-state index contributed by atoms with van der Waals surface area (Å²) in [6.45, 7) is 9.48. The Kier molecular flexibility index (Phi) is 5.63. The van der Waals surface area contributed by atoms with Crippen molar-refractivity contribution in [1.82, 2.24) is 9.97 Å². The van der Waals surface area contributed by atoms with Crippen molar-refractivity contribution < 1.29 is 17.5 Å². The third kappa shape index (κ3) is 4.60. The van der Waals surface area contributed by atoms with Gasteiger partial charge in [-0.3, -0.25) is 0 Å². The first-order valence-corrected chi connectivity index (χ1v) is 11.7. The standard InChI is InChI=1S/C23H19FN4O3S/c1-14-10-16-6-9-19(20(24)18(16)11-14)31-23-21(25-2)22(26-13-27-23)28-17-7-4-15(5-8-17)12-32(3,29)30/h4-9,11,13H,10,12H2,1,3H3,(H,26,27,28). The summed E-state index contributed by atoms with van der Waals surface area (Å²) in [6.07, 6.45) is 4.88. The highest BCUT2D eigenvalue weighted by Gasteiger charge is 2.21. The third-order valence-electron chi connectivity index (χ3n) is 4.85. The number of rotatable bonds is 6. The van der Waals surface area contributed by atoms with E-state index in [4.69, 9.17) is 11.3 Å². The van der Waals surface area contributed by atoms with Crippen molar-refractivity contribution in [3.63, 3.8) is 0 Å². The molecule has 1 heterocycles. The van der Waals surface area contributed by atoms with Gasteiger partial charge in [-0.2, -0.15) is 0 Å². The van der Waals surface area contributed by atoms with E-state index in [0.29, 0.717) is 23.2 Å². The number of anilines is 2. The fourth-order valence-corrected chi connectivity index (χ4v) is 4.26. The van der Waals surface area contributed by atoms with Gasteiger partial charge in [0, 0.05) is 17.5 Å². The summed E-state index contributed by atoms with van der Waals surface area (Å²) < 4.78 is 43.5. The Bertz CT molecular complexity index is 1380. The number of aromatic nitrogens is 2. The van der Waals surface area contributed by atoms with Crippen molar-refractivity contribution in [2.24, 2.45) is 0 Å². The quantitative estimate of drug-likeness (QED) is 0.519. The molecule has 0 unspecified atom stereocenters. The Morgan fingerprint density at radius 1 is 1.19 bits per heavy atom. The molecule has 32 heavy (non-hydrogen) atoms. The average Bonchev–Trinajstić information content (AvgIpc) is 3.12. The molecule has 0 fully saturated rings. The van der Waals surface area contributed by atoms with Crippen molar-refractivity contribution in [3.8, 4) is 11.6 Å².